The second-order valence-corrected chi connectivity index (χ2v) is 16.5. The van der Waals surface area contributed by atoms with E-state index in [1.165, 1.54) is 88.3 Å². The molecule has 0 aliphatic heterocycles. The van der Waals surface area contributed by atoms with Crippen molar-refractivity contribution in [2.24, 2.45) is 0 Å². The summed E-state index contributed by atoms with van der Waals surface area (Å²) in [6, 6.07) is 82.3. The molecule has 0 saturated carbocycles. The van der Waals surface area contributed by atoms with Gasteiger partial charge in [-0.3, -0.25) is 0 Å². The summed E-state index contributed by atoms with van der Waals surface area (Å²) in [6.07, 6.45) is 0. The minimum absolute atomic E-state index is 0.112. The van der Waals surface area contributed by atoms with E-state index in [2.05, 4.69) is 243 Å². The van der Waals surface area contributed by atoms with Gasteiger partial charge < -0.3 is 4.90 Å². The van der Waals surface area contributed by atoms with Gasteiger partial charge in [-0.15, -0.1) is 0 Å². The molecule has 0 radical (unpaired) electrons. The fraction of sp³-hybridized carbons (Fsp3) is 0.0508. The van der Waals surface area contributed by atoms with Crippen LogP contribution in [0, 0.1) is 0 Å². The third-order valence-corrected chi connectivity index (χ3v) is 12.7. The Hall–Kier alpha value is -7.48. The Morgan fingerprint density at radius 3 is 1.30 bits per heavy atom. The monoisotopic (exact) mass is 765 g/mol. The van der Waals surface area contributed by atoms with Crippen molar-refractivity contribution < 1.29 is 0 Å². The van der Waals surface area contributed by atoms with Crippen molar-refractivity contribution in [1.29, 1.82) is 0 Å². The molecule has 0 saturated heterocycles. The molecule has 1 aliphatic rings. The highest BCUT2D eigenvalue weighted by atomic mass is 15.1. The average Bonchev–Trinajstić information content (AvgIpc) is 3.55. The van der Waals surface area contributed by atoms with Crippen LogP contribution in [-0.2, 0) is 5.41 Å². The maximum Gasteiger partial charge on any atom is 0.0462 e. The Labute approximate surface area is 352 Å². The van der Waals surface area contributed by atoms with E-state index in [0.29, 0.717) is 0 Å². The fourth-order valence-corrected chi connectivity index (χ4v) is 9.61. The van der Waals surface area contributed by atoms with Crippen molar-refractivity contribution in [1.82, 2.24) is 0 Å². The van der Waals surface area contributed by atoms with Crippen LogP contribution in [0.15, 0.2) is 224 Å². The maximum atomic E-state index is 2.44. The van der Waals surface area contributed by atoms with E-state index in [4.69, 9.17) is 0 Å². The Morgan fingerprint density at radius 2 is 0.733 bits per heavy atom. The molecule has 0 heterocycles. The van der Waals surface area contributed by atoms with Gasteiger partial charge in [0, 0.05) is 22.5 Å². The van der Waals surface area contributed by atoms with Crippen molar-refractivity contribution in [3.05, 3.63) is 236 Å². The van der Waals surface area contributed by atoms with Crippen molar-refractivity contribution >= 4 is 38.6 Å². The Balaban J connectivity index is 1.01. The van der Waals surface area contributed by atoms with Gasteiger partial charge >= 0.3 is 0 Å². The summed E-state index contributed by atoms with van der Waals surface area (Å²) in [7, 11) is 0. The molecule has 1 heteroatoms. The van der Waals surface area contributed by atoms with E-state index < -0.39 is 0 Å². The second kappa shape index (κ2) is 14.4. The van der Waals surface area contributed by atoms with E-state index in [1.807, 2.05) is 0 Å². The number of hydrogen-bond acceptors (Lipinski definition) is 1. The summed E-state index contributed by atoms with van der Waals surface area (Å²) in [5, 5.41) is 5.02. The minimum atomic E-state index is -0.112. The van der Waals surface area contributed by atoms with E-state index in [1.54, 1.807) is 0 Å². The predicted molar refractivity (Wildman–Crippen MR) is 255 cm³/mol. The molecule has 10 aromatic rings. The summed E-state index contributed by atoms with van der Waals surface area (Å²) >= 11 is 0. The summed E-state index contributed by atoms with van der Waals surface area (Å²) < 4.78 is 0. The van der Waals surface area contributed by atoms with Crippen molar-refractivity contribution in [2.45, 2.75) is 19.3 Å². The van der Waals surface area contributed by atoms with Crippen LogP contribution in [0.25, 0.3) is 77.2 Å². The molecular formula is C59H43N. The lowest BCUT2D eigenvalue weighted by Crippen LogP contribution is -2.15. The van der Waals surface area contributed by atoms with Gasteiger partial charge in [0.2, 0.25) is 0 Å². The van der Waals surface area contributed by atoms with Gasteiger partial charge in [0.25, 0.3) is 0 Å². The van der Waals surface area contributed by atoms with Crippen LogP contribution in [0.4, 0.5) is 17.1 Å². The van der Waals surface area contributed by atoms with Gasteiger partial charge in [-0.05, 0) is 137 Å². The predicted octanol–water partition coefficient (Wildman–Crippen LogP) is 16.4. The van der Waals surface area contributed by atoms with E-state index in [0.717, 1.165) is 17.1 Å². The summed E-state index contributed by atoms with van der Waals surface area (Å²) in [6.45, 7) is 4.74. The molecule has 284 valence electrons. The molecule has 1 nitrogen and oxygen atoms in total. The number of rotatable bonds is 7. The molecule has 60 heavy (non-hydrogen) atoms. The first-order valence-electron chi connectivity index (χ1n) is 20.9. The standard InChI is InChI=1S/C59H43N/c1-59(2)56-25-11-10-22-54(56)58-55(43-14-4-3-5-15-43)38-46(39-57(58)59)40-26-32-47(33-27-40)60(48-34-28-44(29-35-48)52-23-12-18-41-16-6-8-20-50(41)52)49-36-30-45(31-37-49)53-24-13-19-42-17-7-9-21-51(42)53/h3-39H,1-2H3. The van der Waals surface area contributed by atoms with Crippen LogP contribution in [0.3, 0.4) is 0 Å². The van der Waals surface area contributed by atoms with Crippen molar-refractivity contribution in [3.63, 3.8) is 0 Å². The lowest BCUT2D eigenvalue weighted by molar-refractivity contribution is 0.660. The molecule has 11 rings (SSSR count). The summed E-state index contributed by atoms with van der Waals surface area (Å²) in [5.41, 5.74) is 18.5. The number of fused-ring (bicyclic) bond motifs is 5. The van der Waals surface area contributed by atoms with Crippen LogP contribution < -0.4 is 4.90 Å². The van der Waals surface area contributed by atoms with E-state index >= 15 is 0 Å². The molecule has 0 N–H and O–H groups in total. The molecule has 0 fully saturated rings. The normalized spacial score (nSPS) is 12.6. The molecule has 0 aromatic heterocycles. The fourth-order valence-electron chi connectivity index (χ4n) is 9.61. The zero-order chi connectivity index (χ0) is 40.2. The highest BCUT2D eigenvalue weighted by Crippen LogP contribution is 2.53. The van der Waals surface area contributed by atoms with Gasteiger partial charge in [-0.2, -0.15) is 0 Å². The second-order valence-electron chi connectivity index (χ2n) is 16.5. The maximum absolute atomic E-state index is 2.44. The Kier molecular flexibility index (Phi) is 8.57. The molecular weight excluding hydrogens is 723 g/mol. The van der Waals surface area contributed by atoms with Crippen LogP contribution in [0.5, 0.6) is 0 Å². The van der Waals surface area contributed by atoms with Gasteiger partial charge in [0.15, 0.2) is 0 Å². The van der Waals surface area contributed by atoms with Crippen molar-refractivity contribution in [3.8, 4) is 55.6 Å². The molecule has 0 amide bonds. The van der Waals surface area contributed by atoms with Crippen LogP contribution in [0.1, 0.15) is 25.0 Å². The van der Waals surface area contributed by atoms with Gasteiger partial charge in [-0.1, -0.05) is 190 Å². The topological polar surface area (TPSA) is 3.24 Å². The molecule has 0 spiro atoms. The minimum Gasteiger partial charge on any atom is -0.311 e. The number of hydrogen-bond donors (Lipinski definition) is 0. The first kappa shape index (κ1) is 35.7. The Morgan fingerprint density at radius 1 is 0.300 bits per heavy atom. The van der Waals surface area contributed by atoms with Crippen LogP contribution in [-0.4, -0.2) is 0 Å². The van der Waals surface area contributed by atoms with Crippen LogP contribution >= 0.6 is 0 Å². The zero-order valence-corrected chi connectivity index (χ0v) is 33.8. The lowest BCUT2D eigenvalue weighted by Gasteiger charge is -2.26. The lowest BCUT2D eigenvalue weighted by atomic mass is 9.80. The van der Waals surface area contributed by atoms with Crippen molar-refractivity contribution in [2.75, 3.05) is 4.90 Å². The SMILES string of the molecule is CC1(C)c2ccccc2-c2c(-c3ccccc3)cc(-c3ccc(N(c4ccc(-c5cccc6ccccc56)cc4)c4ccc(-c5cccc6ccccc56)cc4)cc3)cc21. The average molecular weight is 766 g/mol. The summed E-state index contributed by atoms with van der Waals surface area (Å²) in [4.78, 5) is 2.38. The third kappa shape index (κ3) is 6.01. The number of benzene rings is 10. The molecule has 0 atom stereocenters. The smallest absolute Gasteiger partial charge is 0.0462 e. The first-order chi connectivity index (χ1) is 29.5. The number of nitrogens with zero attached hydrogens (tertiary/aromatic N) is 1. The highest BCUT2D eigenvalue weighted by molar-refractivity contribution is 5.99. The molecule has 10 aromatic carbocycles. The Bertz CT molecular complexity index is 3060. The largest absolute Gasteiger partial charge is 0.311 e. The van der Waals surface area contributed by atoms with E-state index in [9.17, 15) is 0 Å². The summed E-state index contributed by atoms with van der Waals surface area (Å²) in [5.74, 6) is 0. The molecule has 1 aliphatic carbocycles. The number of anilines is 3. The van der Waals surface area contributed by atoms with Gasteiger partial charge in [0.1, 0.15) is 0 Å². The van der Waals surface area contributed by atoms with Gasteiger partial charge in [-0.25, -0.2) is 0 Å². The first-order valence-corrected chi connectivity index (χ1v) is 20.9. The highest BCUT2D eigenvalue weighted by Gasteiger charge is 2.37. The third-order valence-electron chi connectivity index (χ3n) is 12.7. The zero-order valence-electron chi connectivity index (χ0n) is 33.8. The van der Waals surface area contributed by atoms with E-state index in [-0.39, 0.29) is 5.41 Å². The quantitative estimate of drug-likeness (QED) is 0.156. The molecule has 0 bridgehead atoms. The van der Waals surface area contributed by atoms with Gasteiger partial charge in [0.05, 0.1) is 0 Å². The molecule has 0 unspecified atom stereocenters. The van der Waals surface area contributed by atoms with Crippen LogP contribution in [0.2, 0.25) is 0 Å².